The van der Waals surface area contributed by atoms with Crippen molar-refractivity contribution in [3.05, 3.63) is 35.9 Å². The van der Waals surface area contributed by atoms with Crippen molar-refractivity contribution < 1.29 is 4.79 Å². The van der Waals surface area contributed by atoms with Gasteiger partial charge >= 0.3 is 0 Å². The van der Waals surface area contributed by atoms with Gasteiger partial charge in [0.25, 0.3) is 0 Å². The minimum absolute atomic E-state index is 0.0919. The van der Waals surface area contributed by atoms with Crippen molar-refractivity contribution >= 4 is 5.91 Å². The standard InChI is InChI=1S/C16H25N3O/c1-3-19(2)15(13-8-5-4-6-9-13)16(20)18-12-14-10-7-11-17-14/h4-6,8-9,14-15,17H,3,7,10-12H2,1-2H3,(H,18,20). The van der Waals surface area contributed by atoms with Crippen LogP contribution in [0.2, 0.25) is 0 Å². The van der Waals surface area contributed by atoms with Crippen LogP contribution in [-0.4, -0.2) is 43.5 Å². The number of benzene rings is 1. The normalized spacial score (nSPS) is 20.1. The van der Waals surface area contributed by atoms with E-state index in [1.807, 2.05) is 37.4 Å². The highest BCUT2D eigenvalue weighted by molar-refractivity contribution is 5.83. The number of hydrogen-bond donors (Lipinski definition) is 2. The van der Waals surface area contributed by atoms with Crippen LogP contribution >= 0.6 is 0 Å². The Bertz CT molecular complexity index is 415. The van der Waals surface area contributed by atoms with Gasteiger partial charge in [0.2, 0.25) is 5.91 Å². The van der Waals surface area contributed by atoms with Crippen LogP contribution in [0.3, 0.4) is 0 Å². The number of carbonyl (C=O) groups excluding carboxylic acids is 1. The second-order valence-electron chi connectivity index (χ2n) is 5.42. The first-order valence-corrected chi connectivity index (χ1v) is 7.48. The van der Waals surface area contributed by atoms with Crippen molar-refractivity contribution in [3.8, 4) is 0 Å². The summed E-state index contributed by atoms with van der Waals surface area (Å²) in [7, 11) is 1.99. The monoisotopic (exact) mass is 275 g/mol. The molecule has 1 aliphatic rings. The predicted molar refractivity (Wildman–Crippen MR) is 81.5 cm³/mol. The van der Waals surface area contributed by atoms with Crippen molar-refractivity contribution in [1.29, 1.82) is 0 Å². The second-order valence-corrected chi connectivity index (χ2v) is 5.42. The van der Waals surface area contributed by atoms with E-state index < -0.39 is 0 Å². The molecule has 2 unspecified atom stereocenters. The van der Waals surface area contributed by atoms with Crippen LogP contribution in [0.25, 0.3) is 0 Å². The minimum Gasteiger partial charge on any atom is -0.353 e. The molecule has 0 radical (unpaired) electrons. The largest absolute Gasteiger partial charge is 0.353 e. The highest BCUT2D eigenvalue weighted by Gasteiger charge is 2.25. The van der Waals surface area contributed by atoms with Crippen molar-refractivity contribution in [2.45, 2.75) is 31.8 Å². The molecule has 0 aromatic heterocycles. The van der Waals surface area contributed by atoms with Gasteiger partial charge in [-0.25, -0.2) is 0 Å². The van der Waals surface area contributed by atoms with E-state index in [1.165, 1.54) is 6.42 Å². The van der Waals surface area contributed by atoms with Gasteiger partial charge in [0.1, 0.15) is 6.04 Å². The molecule has 20 heavy (non-hydrogen) atoms. The summed E-state index contributed by atoms with van der Waals surface area (Å²) in [4.78, 5) is 14.6. The SMILES string of the molecule is CCN(C)C(C(=O)NCC1CCCN1)c1ccccc1. The molecular weight excluding hydrogens is 250 g/mol. The number of hydrogen-bond acceptors (Lipinski definition) is 3. The van der Waals surface area contributed by atoms with Crippen molar-refractivity contribution in [3.63, 3.8) is 0 Å². The maximum Gasteiger partial charge on any atom is 0.242 e. The number of carbonyl (C=O) groups is 1. The van der Waals surface area contributed by atoms with Gasteiger partial charge in [-0.15, -0.1) is 0 Å². The van der Waals surface area contributed by atoms with E-state index in [0.717, 1.165) is 31.6 Å². The molecule has 2 atom stereocenters. The molecule has 4 heteroatoms. The Hall–Kier alpha value is -1.39. The summed E-state index contributed by atoms with van der Waals surface area (Å²) in [5, 5.41) is 6.50. The summed E-state index contributed by atoms with van der Waals surface area (Å²) in [6.45, 7) is 4.70. The van der Waals surface area contributed by atoms with Crippen LogP contribution in [0.5, 0.6) is 0 Å². The fraction of sp³-hybridized carbons (Fsp3) is 0.562. The Morgan fingerprint density at radius 1 is 1.45 bits per heavy atom. The van der Waals surface area contributed by atoms with Gasteiger partial charge in [0.05, 0.1) is 0 Å². The second kappa shape index (κ2) is 7.41. The van der Waals surface area contributed by atoms with Crippen molar-refractivity contribution in [2.75, 3.05) is 26.7 Å². The fourth-order valence-electron chi connectivity index (χ4n) is 2.68. The fourth-order valence-corrected chi connectivity index (χ4v) is 2.68. The van der Waals surface area contributed by atoms with E-state index >= 15 is 0 Å². The third-order valence-corrected chi connectivity index (χ3v) is 3.99. The molecule has 1 saturated heterocycles. The first-order valence-electron chi connectivity index (χ1n) is 7.48. The summed E-state index contributed by atoms with van der Waals surface area (Å²) < 4.78 is 0. The van der Waals surface area contributed by atoms with Crippen LogP contribution in [0.4, 0.5) is 0 Å². The van der Waals surface area contributed by atoms with Crippen LogP contribution in [-0.2, 0) is 4.79 Å². The number of rotatable bonds is 6. The Balaban J connectivity index is 2.00. The molecule has 0 saturated carbocycles. The Morgan fingerprint density at radius 2 is 2.20 bits per heavy atom. The highest BCUT2D eigenvalue weighted by atomic mass is 16.2. The van der Waals surface area contributed by atoms with Crippen molar-refractivity contribution in [1.82, 2.24) is 15.5 Å². The molecule has 1 aromatic rings. The molecule has 1 aliphatic heterocycles. The Labute approximate surface area is 121 Å². The van der Waals surface area contributed by atoms with Crippen molar-refractivity contribution in [2.24, 2.45) is 0 Å². The van der Waals surface area contributed by atoms with E-state index in [1.54, 1.807) is 0 Å². The first-order chi connectivity index (χ1) is 9.72. The van der Waals surface area contributed by atoms with Gasteiger partial charge < -0.3 is 10.6 Å². The van der Waals surface area contributed by atoms with Gasteiger partial charge in [-0.3, -0.25) is 9.69 Å². The lowest BCUT2D eigenvalue weighted by Crippen LogP contribution is -2.43. The molecule has 2 N–H and O–H groups in total. The molecule has 1 fully saturated rings. The van der Waals surface area contributed by atoms with Gasteiger partial charge in [-0.2, -0.15) is 0 Å². The summed E-state index contributed by atoms with van der Waals surface area (Å²) >= 11 is 0. The summed E-state index contributed by atoms with van der Waals surface area (Å²) in [5.74, 6) is 0.0919. The number of likely N-dealkylation sites (N-methyl/N-ethyl adjacent to an activating group) is 1. The predicted octanol–water partition coefficient (Wildman–Crippen LogP) is 1.55. The molecule has 4 nitrogen and oxygen atoms in total. The third-order valence-electron chi connectivity index (χ3n) is 3.99. The quantitative estimate of drug-likeness (QED) is 0.828. The first kappa shape index (κ1) is 15.0. The zero-order chi connectivity index (χ0) is 14.4. The molecule has 0 spiro atoms. The lowest BCUT2D eigenvalue weighted by molar-refractivity contribution is -0.126. The van der Waals surface area contributed by atoms with Crippen LogP contribution in [0.1, 0.15) is 31.4 Å². The molecular formula is C16H25N3O. The Morgan fingerprint density at radius 3 is 2.80 bits per heavy atom. The van der Waals surface area contributed by atoms with Gasteiger partial charge in [-0.05, 0) is 38.5 Å². The summed E-state index contributed by atoms with van der Waals surface area (Å²) in [6.07, 6.45) is 2.36. The summed E-state index contributed by atoms with van der Waals surface area (Å²) in [5.41, 5.74) is 1.05. The highest BCUT2D eigenvalue weighted by Crippen LogP contribution is 2.19. The van der Waals surface area contributed by atoms with E-state index in [0.29, 0.717) is 6.04 Å². The number of nitrogens with zero attached hydrogens (tertiary/aromatic N) is 1. The molecule has 1 aromatic carbocycles. The maximum absolute atomic E-state index is 12.5. The molecule has 1 amide bonds. The zero-order valence-electron chi connectivity index (χ0n) is 12.4. The molecule has 110 valence electrons. The molecule has 2 rings (SSSR count). The van der Waals surface area contributed by atoms with Gasteiger partial charge in [0.15, 0.2) is 0 Å². The Kier molecular flexibility index (Phi) is 5.56. The van der Waals surface area contributed by atoms with Crippen LogP contribution in [0.15, 0.2) is 30.3 Å². The molecule has 1 heterocycles. The van der Waals surface area contributed by atoms with E-state index in [9.17, 15) is 4.79 Å². The third kappa shape index (κ3) is 3.81. The average Bonchev–Trinajstić information content (AvgIpc) is 2.99. The minimum atomic E-state index is -0.206. The lowest BCUT2D eigenvalue weighted by Gasteiger charge is -2.27. The average molecular weight is 275 g/mol. The zero-order valence-corrected chi connectivity index (χ0v) is 12.4. The van der Waals surface area contributed by atoms with Gasteiger partial charge in [-0.1, -0.05) is 37.3 Å². The summed E-state index contributed by atoms with van der Waals surface area (Å²) in [6, 6.07) is 10.2. The topological polar surface area (TPSA) is 44.4 Å². The molecule has 0 bridgehead atoms. The van der Waals surface area contributed by atoms with Crippen LogP contribution < -0.4 is 10.6 Å². The smallest absolute Gasteiger partial charge is 0.242 e. The van der Waals surface area contributed by atoms with E-state index in [-0.39, 0.29) is 11.9 Å². The number of amides is 1. The lowest BCUT2D eigenvalue weighted by atomic mass is 10.0. The van der Waals surface area contributed by atoms with Gasteiger partial charge in [0, 0.05) is 12.6 Å². The maximum atomic E-state index is 12.5. The van der Waals surface area contributed by atoms with E-state index in [4.69, 9.17) is 0 Å². The molecule has 0 aliphatic carbocycles. The van der Waals surface area contributed by atoms with Crippen LogP contribution in [0, 0.1) is 0 Å². The van der Waals surface area contributed by atoms with E-state index in [2.05, 4.69) is 22.5 Å². The number of nitrogens with one attached hydrogen (secondary N) is 2.